The minimum absolute atomic E-state index is 0.0222. The third-order valence-electron chi connectivity index (χ3n) is 3.62. The molecule has 142 valence electrons. The Morgan fingerprint density at radius 2 is 1.85 bits per heavy atom. The number of hydrogen-bond donors (Lipinski definition) is 1. The lowest BCUT2D eigenvalue weighted by molar-refractivity contribution is -0.137. The van der Waals surface area contributed by atoms with E-state index in [4.69, 9.17) is 9.84 Å². The van der Waals surface area contributed by atoms with Crippen LogP contribution in [0.5, 0.6) is 5.88 Å². The number of pyridine rings is 1. The number of benzene rings is 1. The Balaban J connectivity index is 2.51. The molecule has 1 atom stereocenters. The van der Waals surface area contributed by atoms with E-state index in [0.29, 0.717) is 11.8 Å². The standard InChI is InChI=1S/C17H18F3NO4S/c1-11(7-8-22)25-16-15(9-13(10-21-16)17(18,19)20)12-3-5-14(6-4-12)26(2,23)24/h3-6,9-11,22H,7-8H2,1-2H3/t11-/m1/s1. The number of halogens is 3. The highest BCUT2D eigenvalue weighted by Crippen LogP contribution is 2.36. The molecule has 0 aliphatic carbocycles. The van der Waals surface area contributed by atoms with E-state index in [1.165, 1.54) is 24.3 Å². The first kappa shape index (κ1) is 20.2. The second-order valence-corrected chi connectivity index (χ2v) is 7.83. The Kier molecular flexibility index (Phi) is 5.92. The van der Waals surface area contributed by atoms with Crippen LogP contribution in [0.3, 0.4) is 0 Å². The van der Waals surface area contributed by atoms with Crippen LogP contribution in [0, 0.1) is 0 Å². The highest BCUT2D eigenvalue weighted by molar-refractivity contribution is 7.90. The fourth-order valence-electron chi connectivity index (χ4n) is 2.22. The van der Waals surface area contributed by atoms with E-state index in [-0.39, 0.29) is 29.4 Å². The topological polar surface area (TPSA) is 76.5 Å². The lowest BCUT2D eigenvalue weighted by atomic mass is 10.0. The zero-order chi connectivity index (χ0) is 19.5. The van der Waals surface area contributed by atoms with Gasteiger partial charge in [-0.1, -0.05) is 12.1 Å². The molecule has 1 aromatic carbocycles. The molecule has 0 saturated heterocycles. The summed E-state index contributed by atoms with van der Waals surface area (Å²) >= 11 is 0. The molecule has 0 aliphatic heterocycles. The zero-order valence-corrected chi connectivity index (χ0v) is 14.9. The van der Waals surface area contributed by atoms with Crippen LogP contribution in [0.25, 0.3) is 11.1 Å². The van der Waals surface area contributed by atoms with Crippen molar-refractivity contribution >= 4 is 9.84 Å². The molecule has 2 rings (SSSR count). The summed E-state index contributed by atoms with van der Waals surface area (Å²) in [6.45, 7) is 1.52. The summed E-state index contributed by atoms with van der Waals surface area (Å²) in [4.78, 5) is 3.83. The van der Waals surface area contributed by atoms with Crippen LogP contribution in [0.15, 0.2) is 41.4 Å². The van der Waals surface area contributed by atoms with E-state index in [0.717, 1.165) is 12.3 Å². The lowest BCUT2D eigenvalue weighted by Crippen LogP contribution is -2.15. The molecule has 0 radical (unpaired) electrons. The summed E-state index contributed by atoms with van der Waals surface area (Å²) in [5.41, 5.74) is -0.520. The molecule has 0 fully saturated rings. The normalized spacial score (nSPS) is 13.5. The molecular weight excluding hydrogens is 371 g/mol. The molecule has 5 nitrogen and oxygen atoms in total. The first-order valence-electron chi connectivity index (χ1n) is 7.67. The Labute approximate surface area is 149 Å². The van der Waals surface area contributed by atoms with Gasteiger partial charge in [0.2, 0.25) is 5.88 Å². The van der Waals surface area contributed by atoms with Gasteiger partial charge in [0.15, 0.2) is 9.84 Å². The number of sulfone groups is 1. The van der Waals surface area contributed by atoms with Crippen molar-refractivity contribution in [2.45, 2.75) is 30.5 Å². The first-order chi connectivity index (χ1) is 12.0. The van der Waals surface area contributed by atoms with Crippen molar-refractivity contribution < 1.29 is 31.4 Å². The van der Waals surface area contributed by atoms with Gasteiger partial charge >= 0.3 is 6.18 Å². The zero-order valence-electron chi connectivity index (χ0n) is 14.1. The van der Waals surface area contributed by atoms with Crippen LogP contribution in [-0.2, 0) is 16.0 Å². The molecule has 0 unspecified atom stereocenters. The van der Waals surface area contributed by atoms with Crippen molar-refractivity contribution in [2.24, 2.45) is 0 Å². The van der Waals surface area contributed by atoms with Gasteiger partial charge in [0.25, 0.3) is 0 Å². The maximum Gasteiger partial charge on any atom is 0.417 e. The fourth-order valence-corrected chi connectivity index (χ4v) is 2.85. The van der Waals surface area contributed by atoms with E-state index in [1.54, 1.807) is 6.92 Å². The van der Waals surface area contributed by atoms with Gasteiger partial charge in [-0.15, -0.1) is 0 Å². The van der Waals surface area contributed by atoms with Crippen LogP contribution in [-0.4, -0.2) is 37.5 Å². The van der Waals surface area contributed by atoms with Crippen molar-refractivity contribution in [1.82, 2.24) is 4.98 Å². The number of alkyl halides is 3. The Morgan fingerprint density at radius 3 is 2.35 bits per heavy atom. The van der Waals surface area contributed by atoms with Crippen LogP contribution in [0.1, 0.15) is 18.9 Å². The van der Waals surface area contributed by atoms with Crippen molar-refractivity contribution in [2.75, 3.05) is 12.9 Å². The molecule has 2 aromatic rings. The predicted octanol–water partition coefficient (Wildman–Crippen LogP) is 3.32. The van der Waals surface area contributed by atoms with Crippen molar-refractivity contribution in [3.8, 4) is 17.0 Å². The fraction of sp³-hybridized carbons (Fsp3) is 0.353. The maximum absolute atomic E-state index is 13.0. The maximum atomic E-state index is 13.0. The van der Waals surface area contributed by atoms with Crippen molar-refractivity contribution in [1.29, 1.82) is 0 Å². The molecule has 0 amide bonds. The highest BCUT2D eigenvalue weighted by Gasteiger charge is 2.32. The third-order valence-corrected chi connectivity index (χ3v) is 4.75. The smallest absolute Gasteiger partial charge is 0.417 e. The largest absolute Gasteiger partial charge is 0.474 e. The third kappa shape index (κ3) is 4.95. The number of rotatable bonds is 6. The number of aromatic nitrogens is 1. The molecular formula is C17H18F3NO4S. The molecule has 26 heavy (non-hydrogen) atoms. The molecule has 0 aliphatic rings. The molecule has 1 aromatic heterocycles. The summed E-state index contributed by atoms with van der Waals surface area (Å²) in [7, 11) is -3.42. The lowest BCUT2D eigenvalue weighted by Gasteiger charge is -2.17. The molecule has 0 saturated carbocycles. The van der Waals surface area contributed by atoms with Gasteiger partial charge in [0, 0.05) is 31.0 Å². The number of hydrogen-bond acceptors (Lipinski definition) is 5. The van der Waals surface area contributed by atoms with Gasteiger partial charge < -0.3 is 9.84 Å². The summed E-state index contributed by atoms with van der Waals surface area (Å²) in [6, 6.07) is 6.33. The number of ether oxygens (including phenoxy) is 1. The minimum Gasteiger partial charge on any atom is -0.474 e. The van der Waals surface area contributed by atoms with Gasteiger partial charge in [0.1, 0.15) is 0 Å². The summed E-state index contributed by atoms with van der Waals surface area (Å²) in [5, 5.41) is 8.95. The van der Waals surface area contributed by atoms with Gasteiger partial charge in [0.05, 0.1) is 16.6 Å². The minimum atomic E-state index is -4.58. The molecule has 1 heterocycles. The Morgan fingerprint density at radius 1 is 1.23 bits per heavy atom. The van der Waals surface area contributed by atoms with Crippen LogP contribution in [0.2, 0.25) is 0 Å². The van der Waals surface area contributed by atoms with Crippen LogP contribution < -0.4 is 4.74 Å². The number of aliphatic hydroxyl groups is 1. The van der Waals surface area contributed by atoms with Gasteiger partial charge in [-0.2, -0.15) is 13.2 Å². The summed E-state index contributed by atoms with van der Waals surface area (Å²) in [6.07, 6.45) is -3.04. The Hall–Kier alpha value is -2.13. The SMILES string of the molecule is C[C@H](CCO)Oc1ncc(C(F)(F)F)cc1-c1ccc(S(C)(=O)=O)cc1. The van der Waals surface area contributed by atoms with Crippen molar-refractivity contribution in [3.05, 3.63) is 42.1 Å². The Bertz CT molecular complexity index is 865. The average Bonchev–Trinajstić information content (AvgIpc) is 2.53. The summed E-state index contributed by atoms with van der Waals surface area (Å²) < 4.78 is 67.7. The highest BCUT2D eigenvalue weighted by atomic mass is 32.2. The molecule has 1 N–H and O–H groups in total. The van der Waals surface area contributed by atoms with Gasteiger partial charge in [-0.3, -0.25) is 0 Å². The quantitative estimate of drug-likeness (QED) is 0.820. The van der Waals surface area contributed by atoms with E-state index >= 15 is 0 Å². The average molecular weight is 389 g/mol. The van der Waals surface area contributed by atoms with E-state index in [9.17, 15) is 21.6 Å². The van der Waals surface area contributed by atoms with E-state index in [2.05, 4.69) is 4.98 Å². The van der Waals surface area contributed by atoms with Crippen molar-refractivity contribution in [3.63, 3.8) is 0 Å². The van der Waals surface area contributed by atoms with E-state index < -0.39 is 27.7 Å². The molecule has 9 heteroatoms. The first-order valence-corrected chi connectivity index (χ1v) is 9.56. The predicted molar refractivity (Wildman–Crippen MR) is 89.6 cm³/mol. The monoisotopic (exact) mass is 389 g/mol. The van der Waals surface area contributed by atoms with E-state index in [1.807, 2.05) is 0 Å². The molecule has 0 spiro atoms. The van der Waals surface area contributed by atoms with Gasteiger partial charge in [-0.25, -0.2) is 13.4 Å². The molecule has 0 bridgehead atoms. The summed E-state index contributed by atoms with van der Waals surface area (Å²) in [5.74, 6) is -0.0222. The second-order valence-electron chi connectivity index (χ2n) is 5.81. The number of aliphatic hydroxyl groups excluding tert-OH is 1. The van der Waals surface area contributed by atoms with Gasteiger partial charge in [-0.05, 0) is 30.7 Å². The van der Waals surface area contributed by atoms with Crippen LogP contribution >= 0.6 is 0 Å². The second kappa shape index (κ2) is 7.63. The number of nitrogens with zero attached hydrogens (tertiary/aromatic N) is 1. The van der Waals surface area contributed by atoms with Crippen LogP contribution in [0.4, 0.5) is 13.2 Å².